The maximum absolute atomic E-state index is 14.7. The van der Waals surface area contributed by atoms with Crippen LogP contribution in [0.1, 0.15) is 50.2 Å². The lowest BCUT2D eigenvalue weighted by Crippen LogP contribution is -2.43. The fourth-order valence-electron chi connectivity index (χ4n) is 6.22. The number of ether oxygens (including phenoxy) is 1. The summed E-state index contributed by atoms with van der Waals surface area (Å²) in [6.07, 6.45) is 6.21. The van der Waals surface area contributed by atoms with Crippen LogP contribution in [0.2, 0.25) is 0 Å². The molecule has 1 spiro atoms. The summed E-state index contributed by atoms with van der Waals surface area (Å²) in [6, 6.07) is 25.2. The van der Waals surface area contributed by atoms with Crippen LogP contribution >= 0.6 is 11.8 Å². The summed E-state index contributed by atoms with van der Waals surface area (Å²) in [7, 11) is 1.62. The van der Waals surface area contributed by atoms with Gasteiger partial charge in [-0.1, -0.05) is 79.6 Å². The van der Waals surface area contributed by atoms with E-state index in [9.17, 15) is 9.59 Å². The second kappa shape index (κ2) is 11.0. The molecule has 0 bridgehead atoms. The Bertz CT molecular complexity index is 1610. The fraction of sp³-hybridized carbons (Fsp3) is 0.303. The number of hydrogen-bond acceptors (Lipinski definition) is 5. The van der Waals surface area contributed by atoms with E-state index in [1.54, 1.807) is 11.7 Å². The quantitative estimate of drug-likeness (QED) is 0.211. The number of carbonyl (C=O) groups excluding carboxylic acids is 1. The van der Waals surface area contributed by atoms with Crippen molar-refractivity contribution in [2.24, 2.45) is 0 Å². The number of nitrogens with zero attached hydrogens (tertiary/aromatic N) is 2. The van der Waals surface area contributed by atoms with Crippen LogP contribution < -0.4 is 15.6 Å². The molecule has 1 heterocycles. The van der Waals surface area contributed by atoms with E-state index in [0.29, 0.717) is 16.6 Å². The van der Waals surface area contributed by atoms with Gasteiger partial charge in [0.05, 0.1) is 29.3 Å². The first kappa shape index (κ1) is 26.4. The Morgan fingerprint density at radius 1 is 1.00 bits per heavy atom. The van der Waals surface area contributed by atoms with Gasteiger partial charge in [0.15, 0.2) is 5.16 Å². The van der Waals surface area contributed by atoms with E-state index in [4.69, 9.17) is 9.72 Å². The van der Waals surface area contributed by atoms with Gasteiger partial charge in [-0.05, 0) is 56.0 Å². The van der Waals surface area contributed by atoms with Gasteiger partial charge >= 0.3 is 0 Å². The first-order valence-electron chi connectivity index (χ1n) is 13.9. The predicted octanol–water partition coefficient (Wildman–Crippen LogP) is 6.79. The molecule has 1 amide bonds. The molecule has 2 aliphatic carbocycles. The van der Waals surface area contributed by atoms with E-state index >= 15 is 0 Å². The minimum absolute atomic E-state index is 0.0483. The van der Waals surface area contributed by atoms with E-state index in [1.807, 2.05) is 67.6 Å². The Hall–Kier alpha value is -3.84. The molecule has 4 aromatic rings. The van der Waals surface area contributed by atoms with Crippen LogP contribution in [0.4, 0.5) is 5.69 Å². The zero-order chi connectivity index (χ0) is 27.7. The summed E-state index contributed by atoms with van der Waals surface area (Å²) in [5, 5.41) is 2.98. The largest absolute Gasteiger partial charge is 0.497 e. The van der Waals surface area contributed by atoms with Crippen LogP contribution in [0.3, 0.4) is 0 Å². The molecule has 0 radical (unpaired) electrons. The molecule has 1 aromatic heterocycles. The molecular weight excluding hydrogens is 518 g/mol. The molecule has 1 saturated carbocycles. The maximum Gasteiger partial charge on any atom is 0.263 e. The van der Waals surface area contributed by atoms with Gasteiger partial charge in [-0.25, -0.2) is 4.98 Å². The Morgan fingerprint density at radius 3 is 2.52 bits per heavy atom. The van der Waals surface area contributed by atoms with Crippen molar-refractivity contribution in [2.45, 2.75) is 61.3 Å². The lowest BCUT2D eigenvalue weighted by atomic mass is 9.62. The average molecular weight is 552 g/mol. The third kappa shape index (κ3) is 4.83. The number of rotatable bonds is 6. The fourth-order valence-corrected chi connectivity index (χ4v) is 7.14. The molecule has 7 heteroatoms. The average Bonchev–Trinajstić information content (AvgIpc) is 2.98. The van der Waals surface area contributed by atoms with Gasteiger partial charge in [0.2, 0.25) is 5.91 Å². The van der Waals surface area contributed by atoms with Crippen LogP contribution in [0, 0.1) is 0 Å². The van der Waals surface area contributed by atoms with Crippen molar-refractivity contribution in [3.8, 4) is 22.7 Å². The molecule has 204 valence electrons. The van der Waals surface area contributed by atoms with Crippen molar-refractivity contribution in [1.29, 1.82) is 0 Å². The summed E-state index contributed by atoms with van der Waals surface area (Å²) in [4.78, 5) is 33.2. The standard InChI is InChI=1S/C33H33N3O3S/c1-22(30(37)34-24-13-5-3-6-14-24)40-32-35-29-27-17-8-7-12-23(27)21-33(18-9-4-10-19-33)28(29)31(38)36(32)25-15-11-16-26(20-25)39-2/h3,5-8,11-17,20,22H,4,9-10,18-19,21H2,1-2H3,(H,34,37)/t22-/m1/s1. The molecular formula is C33H33N3O3S. The summed E-state index contributed by atoms with van der Waals surface area (Å²) in [5.74, 6) is 0.509. The molecule has 2 aliphatic rings. The predicted molar refractivity (Wildman–Crippen MR) is 161 cm³/mol. The molecule has 40 heavy (non-hydrogen) atoms. The summed E-state index contributed by atoms with van der Waals surface area (Å²) in [6.45, 7) is 1.85. The van der Waals surface area contributed by atoms with E-state index in [2.05, 4.69) is 23.5 Å². The number of carbonyl (C=O) groups is 1. The number of anilines is 1. The lowest BCUT2D eigenvalue weighted by Gasteiger charge is -2.42. The van der Waals surface area contributed by atoms with Crippen molar-refractivity contribution >= 4 is 23.4 Å². The van der Waals surface area contributed by atoms with Crippen LogP contribution in [-0.2, 0) is 16.6 Å². The minimum atomic E-state index is -0.496. The van der Waals surface area contributed by atoms with Crippen LogP contribution in [0.25, 0.3) is 16.9 Å². The number of benzene rings is 3. The number of thioether (sulfide) groups is 1. The topological polar surface area (TPSA) is 73.2 Å². The van der Waals surface area contributed by atoms with Gasteiger partial charge in [0.25, 0.3) is 5.56 Å². The number of methoxy groups -OCH3 is 1. The molecule has 0 saturated heterocycles. The second-order valence-corrected chi connectivity index (χ2v) is 12.1. The zero-order valence-corrected chi connectivity index (χ0v) is 23.7. The molecule has 6 nitrogen and oxygen atoms in total. The Morgan fingerprint density at radius 2 is 1.75 bits per heavy atom. The van der Waals surface area contributed by atoms with E-state index in [1.165, 1.54) is 23.7 Å². The number of nitrogens with one attached hydrogen (secondary N) is 1. The maximum atomic E-state index is 14.7. The molecule has 1 atom stereocenters. The number of aromatic nitrogens is 2. The summed E-state index contributed by atoms with van der Waals surface area (Å²) < 4.78 is 7.20. The van der Waals surface area contributed by atoms with Crippen molar-refractivity contribution in [1.82, 2.24) is 9.55 Å². The smallest absolute Gasteiger partial charge is 0.263 e. The van der Waals surface area contributed by atoms with Crippen LogP contribution in [0.15, 0.2) is 88.8 Å². The highest BCUT2D eigenvalue weighted by Crippen LogP contribution is 2.49. The van der Waals surface area contributed by atoms with E-state index in [-0.39, 0.29) is 16.9 Å². The van der Waals surface area contributed by atoms with Gasteiger partial charge in [0.1, 0.15) is 5.75 Å². The van der Waals surface area contributed by atoms with Crippen molar-refractivity contribution < 1.29 is 9.53 Å². The SMILES string of the molecule is COc1cccc(-n2c(S[C@H](C)C(=O)Nc3ccccc3)nc3c(c2=O)C2(CCCCC2)Cc2ccccc2-3)c1. The Kier molecular flexibility index (Phi) is 7.24. The lowest BCUT2D eigenvalue weighted by molar-refractivity contribution is -0.115. The third-order valence-electron chi connectivity index (χ3n) is 8.20. The Labute approximate surface area is 238 Å². The summed E-state index contributed by atoms with van der Waals surface area (Å²) in [5.41, 5.74) is 4.99. The molecule has 0 unspecified atom stereocenters. The zero-order valence-electron chi connectivity index (χ0n) is 22.9. The molecule has 1 fully saturated rings. The minimum Gasteiger partial charge on any atom is -0.497 e. The highest BCUT2D eigenvalue weighted by molar-refractivity contribution is 8.00. The van der Waals surface area contributed by atoms with Crippen LogP contribution in [0.5, 0.6) is 5.75 Å². The molecule has 6 rings (SSSR count). The van der Waals surface area contributed by atoms with Crippen molar-refractivity contribution in [2.75, 3.05) is 12.4 Å². The second-order valence-electron chi connectivity index (χ2n) is 10.8. The van der Waals surface area contributed by atoms with Gasteiger partial charge in [0, 0.05) is 22.7 Å². The highest BCUT2D eigenvalue weighted by atomic mass is 32.2. The van der Waals surface area contributed by atoms with Crippen LogP contribution in [-0.4, -0.2) is 27.8 Å². The monoisotopic (exact) mass is 551 g/mol. The number of amides is 1. The Balaban J connectivity index is 1.52. The molecule has 3 aromatic carbocycles. The molecule has 1 N–H and O–H groups in total. The van der Waals surface area contributed by atoms with Crippen molar-refractivity contribution in [3.63, 3.8) is 0 Å². The first-order chi connectivity index (χ1) is 19.5. The number of para-hydroxylation sites is 1. The normalized spacial score (nSPS) is 16.1. The summed E-state index contributed by atoms with van der Waals surface area (Å²) >= 11 is 1.30. The van der Waals surface area contributed by atoms with E-state index < -0.39 is 5.25 Å². The van der Waals surface area contributed by atoms with Gasteiger partial charge in [-0.3, -0.25) is 14.2 Å². The third-order valence-corrected chi connectivity index (χ3v) is 9.25. The highest BCUT2D eigenvalue weighted by Gasteiger charge is 2.43. The number of hydrogen-bond donors (Lipinski definition) is 1. The van der Waals surface area contributed by atoms with E-state index in [0.717, 1.165) is 54.6 Å². The van der Waals surface area contributed by atoms with Gasteiger partial charge in [-0.15, -0.1) is 0 Å². The molecule has 0 aliphatic heterocycles. The van der Waals surface area contributed by atoms with Gasteiger partial charge < -0.3 is 10.1 Å². The van der Waals surface area contributed by atoms with Crippen molar-refractivity contribution in [3.05, 3.63) is 100 Å². The first-order valence-corrected chi connectivity index (χ1v) is 14.8. The number of fused-ring (bicyclic) bond motifs is 4. The van der Waals surface area contributed by atoms with Gasteiger partial charge in [-0.2, -0.15) is 0 Å².